The molecule has 1 aliphatic heterocycles. The second-order valence-corrected chi connectivity index (χ2v) is 5.38. The first kappa shape index (κ1) is 11.5. The van der Waals surface area contributed by atoms with E-state index in [-0.39, 0.29) is 5.92 Å². The van der Waals surface area contributed by atoms with Gasteiger partial charge in [-0.2, -0.15) is 0 Å². The van der Waals surface area contributed by atoms with E-state index < -0.39 is 11.5 Å². The van der Waals surface area contributed by atoms with Crippen molar-refractivity contribution in [2.24, 2.45) is 5.92 Å². The Morgan fingerprint density at radius 1 is 1.39 bits per heavy atom. The summed E-state index contributed by atoms with van der Waals surface area (Å²) >= 11 is 0. The number of fused-ring (bicyclic) bond motifs is 1. The van der Waals surface area contributed by atoms with Crippen LogP contribution in [-0.2, 0) is 4.79 Å². The molecular weight excluding hydrogens is 226 g/mol. The number of aliphatic carboxylic acids is 1. The van der Waals surface area contributed by atoms with Gasteiger partial charge in [0.2, 0.25) is 5.54 Å². The lowest BCUT2D eigenvalue weighted by molar-refractivity contribution is -0.576. The number of benzene rings is 1. The van der Waals surface area contributed by atoms with Gasteiger partial charge in [0.25, 0.3) is 0 Å². The molecule has 0 saturated heterocycles. The van der Waals surface area contributed by atoms with Crippen LogP contribution in [0.1, 0.15) is 31.2 Å². The Balaban J connectivity index is 2.10. The smallest absolute Gasteiger partial charge is 0.205 e. The maximum absolute atomic E-state index is 11.6. The van der Waals surface area contributed by atoms with Gasteiger partial charge in [0.05, 0.1) is 0 Å². The molecule has 94 valence electrons. The van der Waals surface area contributed by atoms with Crippen LogP contribution in [0.4, 0.5) is 0 Å². The molecule has 0 unspecified atom stereocenters. The largest absolute Gasteiger partial charge is 0.543 e. The molecule has 1 aliphatic carbocycles. The van der Waals surface area contributed by atoms with E-state index in [1.165, 1.54) is 0 Å². The molecule has 2 atom stereocenters. The molecule has 1 aromatic rings. The molecule has 0 radical (unpaired) electrons. The fraction of sp³-hybridized carbons (Fsp3) is 0.467. The van der Waals surface area contributed by atoms with Crippen LogP contribution in [0.2, 0.25) is 0 Å². The van der Waals surface area contributed by atoms with Gasteiger partial charge in [-0.3, -0.25) is 0 Å². The highest BCUT2D eigenvalue weighted by Gasteiger charge is 2.58. The van der Waals surface area contributed by atoms with Crippen molar-refractivity contribution in [2.45, 2.75) is 31.2 Å². The fourth-order valence-corrected chi connectivity index (χ4v) is 3.73. The topological polar surface area (TPSA) is 43.1 Å². The maximum atomic E-state index is 11.6. The van der Waals surface area contributed by atoms with E-state index in [0.717, 1.165) is 30.5 Å². The highest BCUT2D eigenvalue weighted by molar-refractivity contribution is 5.99. The molecule has 0 aromatic heterocycles. The Labute approximate surface area is 107 Å². The first-order valence-corrected chi connectivity index (χ1v) is 6.53. The molecule has 3 heteroatoms. The minimum Gasteiger partial charge on any atom is -0.543 e. The zero-order valence-corrected chi connectivity index (χ0v) is 10.6. The molecule has 18 heavy (non-hydrogen) atoms. The van der Waals surface area contributed by atoms with Crippen LogP contribution in [-0.4, -0.2) is 28.8 Å². The van der Waals surface area contributed by atoms with E-state index in [1.807, 2.05) is 29.8 Å². The lowest BCUT2D eigenvalue weighted by Crippen LogP contribution is -2.55. The highest BCUT2D eigenvalue weighted by Crippen LogP contribution is 2.45. The van der Waals surface area contributed by atoms with Gasteiger partial charge >= 0.3 is 0 Å². The third-order valence-electron chi connectivity index (χ3n) is 4.69. The van der Waals surface area contributed by atoms with E-state index >= 15 is 0 Å². The summed E-state index contributed by atoms with van der Waals surface area (Å²) in [5, 5.41) is 11.6. The van der Waals surface area contributed by atoms with Gasteiger partial charge in [0.1, 0.15) is 13.0 Å². The number of rotatable bonds is 2. The van der Waals surface area contributed by atoms with Crippen molar-refractivity contribution in [3.63, 3.8) is 0 Å². The average molecular weight is 243 g/mol. The van der Waals surface area contributed by atoms with E-state index in [0.29, 0.717) is 6.42 Å². The van der Waals surface area contributed by atoms with E-state index in [2.05, 4.69) is 12.1 Å². The summed E-state index contributed by atoms with van der Waals surface area (Å²) in [6.07, 6.45) is 3.56. The zero-order valence-electron chi connectivity index (χ0n) is 10.6. The molecule has 0 N–H and O–H groups in total. The van der Waals surface area contributed by atoms with E-state index in [9.17, 15) is 9.90 Å². The normalized spacial score (nSPS) is 30.6. The van der Waals surface area contributed by atoms with Gasteiger partial charge in [0, 0.05) is 24.3 Å². The fourth-order valence-electron chi connectivity index (χ4n) is 3.73. The summed E-state index contributed by atoms with van der Waals surface area (Å²) in [7, 11) is 1.91. The number of carboxylic acid groups (broad SMARTS) is 1. The van der Waals surface area contributed by atoms with E-state index in [1.54, 1.807) is 0 Å². The van der Waals surface area contributed by atoms with Crippen LogP contribution in [0, 0.1) is 5.92 Å². The van der Waals surface area contributed by atoms with Crippen LogP contribution in [0.5, 0.6) is 0 Å². The number of hydrogen-bond acceptors (Lipinski definition) is 2. The van der Waals surface area contributed by atoms with Crippen LogP contribution in [0.25, 0.3) is 0 Å². The van der Waals surface area contributed by atoms with Crippen LogP contribution in [0.15, 0.2) is 30.3 Å². The summed E-state index contributed by atoms with van der Waals surface area (Å²) in [6, 6.07) is 10.1. The predicted molar refractivity (Wildman–Crippen MR) is 66.4 cm³/mol. The summed E-state index contributed by atoms with van der Waals surface area (Å²) in [5.74, 6) is -0.693. The van der Waals surface area contributed by atoms with Gasteiger partial charge in [-0.1, -0.05) is 18.2 Å². The van der Waals surface area contributed by atoms with Crippen LogP contribution < -0.4 is 5.11 Å². The minimum atomic E-state index is -0.904. The number of nitrogens with zero attached hydrogens (tertiary/aromatic N) is 1. The second-order valence-electron chi connectivity index (χ2n) is 5.38. The standard InChI is InChI=1S/C15H17NO2/c1-16-13(11-6-3-2-4-7-11)10-12-8-5-9-15(12,16)14(17)18/h2-4,6-7,12H,5,8-10H2,1H3/t12-,15-/m1/s1. The summed E-state index contributed by atoms with van der Waals surface area (Å²) in [5.41, 5.74) is 1.52. The molecule has 1 aromatic carbocycles. The van der Waals surface area contributed by atoms with Crippen molar-refractivity contribution in [1.82, 2.24) is 0 Å². The van der Waals surface area contributed by atoms with Crippen molar-refractivity contribution >= 4 is 11.7 Å². The average Bonchev–Trinajstić information content (AvgIpc) is 2.90. The van der Waals surface area contributed by atoms with Gasteiger partial charge in [-0.25, -0.2) is 4.58 Å². The number of carboxylic acids is 1. The first-order chi connectivity index (χ1) is 8.66. The molecule has 1 saturated carbocycles. The Morgan fingerprint density at radius 2 is 2.11 bits per heavy atom. The SMILES string of the molecule is C[N+]1=C(c2ccccc2)C[C@H]2CCC[C@]21C(=O)[O-]. The predicted octanol–water partition coefficient (Wildman–Crippen LogP) is 0.810. The summed E-state index contributed by atoms with van der Waals surface area (Å²) in [6.45, 7) is 0. The molecule has 1 heterocycles. The third kappa shape index (κ3) is 1.36. The maximum Gasteiger partial charge on any atom is 0.205 e. The minimum absolute atomic E-state index is 0.211. The molecule has 0 amide bonds. The van der Waals surface area contributed by atoms with Crippen LogP contribution >= 0.6 is 0 Å². The first-order valence-electron chi connectivity index (χ1n) is 6.53. The molecular formula is C15H17NO2. The molecule has 3 nitrogen and oxygen atoms in total. The van der Waals surface area contributed by atoms with Gasteiger partial charge in [0.15, 0.2) is 5.71 Å². The quantitative estimate of drug-likeness (QED) is 0.721. The molecule has 2 aliphatic rings. The van der Waals surface area contributed by atoms with Crippen molar-refractivity contribution in [2.75, 3.05) is 7.05 Å². The molecule has 1 fully saturated rings. The number of likely N-dealkylation sites (N-methyl/N-ethyl adjacent to an activating group) is 1. The van der Waals surface area contributed by atoms with E-state index in [4.69, 9.17) is 0 Å². The van der Waals surface area contributed by atoms with Crippen LogP contribution in [0.3, 0.4) is 0 Å². The lowest BCUT2D eigenvalue weighted by atomic mass is 9.87. The monoisotopic (exact) mass is 243 g/mol. The zero-order chi connectivity index (χ0) is 12.8. The van der Waals surface area contributed by atoms with Gasteiger partial charge < -0.3 is 9.90 Å². The Hall–Kier alpha value is -1.64. The van der Waals surface area contributed by atoms with Gasteiger partial charge in [-0.15, -0.1) is 0 Å². The third-order valence-corrected chi connectivity index (χ3v) is 4.69. The summed E-state index contributed by atoms with van der Waals surface area (Å²) in [4.78, 5) is 11.6. The van der Waals surface area contributed by atoms with Gasteiger partial charge in [-0.05, 0) is 25.0 Å². The Bertz CT molecular complexity index is 521. The van der Waals surface area contributed by atoms with Crippen molar-refractivity contribution in [1.29, 1.82) is 0 Å². The lowest BCUT2D eigenvalue weighted by Gasteiger charge is -2.26. The second kappa shape index (κ2) is 3.94. The Morgan fingerprint density at radius 3 is 2.72 bits per heavy atom. The number of carbonyl (C=O) groups is 1. The highest BCUT2D eigenvalue weighted by atomic mass is 16.4. The summed E-state index contributed by atoms with van der Waals surface area (Å²) < 4.78 is 1.97. The van der Waals surface area contributed by atoms with Crippen molar-refractivity contribution < 1.29 is 14.5 Å². The molecule has 3 rings (SSSR count). The number of carbonyl (C=O) groups excluding carboxylic acids is 1. The molecule has 0 bridgehead atoms. The molecule has 0 spiro atoms. The Kier molecular flexibility index (Phi) is 2.51. The van der Waals surface area contributed by atoms with Crippen molar-refractivity contribution in [3.8, 4) is 0 Å². The van der Waals surface area contributed by atoms with Crippen molar-refractivity contribution in [3.05, 3.63) is 35.9 Å². The number of hydrogen-bond donors (Lipinski definition) is 0.